The van der Waals surface area contributed by atoms with E-state index in [-0.39, 0.29) is 5.91 Å². The smallest absolute Gasteiger partial charge is 0.247 e. The van der Waals surface area contributed by atoms with Crippen molar-refractivity contribution in [3.63, 3.8) is 0 Å². The molecule has 0 unspecified atom stereocenters. The molecule has 3 aromatic rings. The molecule has 1 aliphatic heterocycles. The second kappa shape index (κ2) is 9.28. The number of furan rings is 1. The molecule has 0 spiro atoms. The average molecular weight is 484 g/mol. The lowest BCUT2D eigenvalue weighted by molar-refractivity contribution is -0.129. The molecule has 31 heavy (non-hydrogen) atoms. The van der Waals surface area contributed by atoms with E-state index in [0.29, 0.717) is 32.9 Å². The van der Waals surface area contributed by atoms with Crippen LogP contribution in [0.1, 0.15) is 25.0 Å². The Morgan fingerprint density at radius 2 is 1.94 bits per heavy atom. The highest BCUT2D eigenvalue weighted by Gasteiger charge is 2.20. The van der Waals surface area contributed by atoms with Gasteiger partial charge in [0.2, 0.25) is 5.91 Å². The van der Waals surface area contributed by atoms with Gasteiger partial charge in [0.15, 0.2) is 0 Å². The largest absolute Gasteiger partial charge is 0.493 e. The number of nitrogens with zero attached hydrogens (tertiary/aromatic N) is 1. The molecule has 1 amide bonds. The number of hydrogen-bond donors (Lipinski definition) is 0. The maximum absolute atomic E-state index is 12.8. The van der Waals surface area contributed by atoms with Crippen LogP contribution in [-0.4, -0.2) is 43.7 Å². The van der Waals surface area contributed by atoms with Crippen LogP contribution in [0.2, 0.25) is 0 Å². The van der Waals surface area contributed by atoms with E-state index in [4.69, 9.17) is 13.9 Å². The van der Waals surface area contributed by atoms with Gasteiger partial charge in [-0.05, 0) is 50.1 Å². The van der Waals surface area contributed by atoms with Crippen molar-refractivity contribution in [2.75, 3.05) is 32.9 Å². The number of halogens is 1. The zero-order valence-corrected chi connectivity index (χ0v) is 19.6. The highest BCUT2D eigenvalue weighted by Crippen LogP contribution is 2.41. The minimum Gasteiger partial charge on any atom is -0.493 e. The van der Waals surface area contributed by atoms with Gasteiger partial charge in [0.25, 0.3) is 0 Å². The molecular formula is C25H26BrNO4. The van der Waals surface area contributed by atoms with Gasteiger partial charge in [0.1, 0.15) is 11.3 Å². The predicted molar refractivity (Wildman–Crippen MR) is 126 cm³/mol. The fourth-order valence-electron chi connectivity index (χ4n) is 3.93. The third kappa shape index (κ3) is 4.41. The molecule has 0 saturated carbocycles. The summed E-state index contributed by atoms with van der Waals surface area (Å²) in [6.45, 7) is 8.86. The SMILES string of the molecule is CCOc1c(/C(C)=C/C(=O)N2CCOCC2)cc2c(-c3ccc(Br)cc3)coc2c1C. The van der Waals surface area contributed by atoms with Gasteiger partial charge in [-0.25, -0.2) is 0 Å². The number of carbonyl (C=O) groups excluding carboxylic acids is 1. The molecule has 0 N–H and O–H groups in total. The van der Waals surface area contributed by atoms with Crippen molar-refractivity contribution < 1.29 is 18.7 Å². The molecule has 5 nitrogen and oxygen atoms in total. The van der Waals surface area contributed by atoms with Crippen LogP contribution in [-0.2, 0) is 9.53 Å². The number of benzene rings is 2. The molecule has 1 aliphatic rings. The van der Waals surface area contributed by atoms with Crippen LogP contribution in [0.25, 0.3) is 27.7 Å². The lowest BCUT2D eigenvalue weighted by atomic mass is 9.96. The summed E-state index contributed by atoms with van der Waals surface area (Å²) in [7, 11) is 0. The molecule has 0 radical (unpaired) electrons. The first-order chi connectivity index (χ1) is 15.0. The first-order valence-electron chi connectivity index (χ1n) is 10.5. The van der Waals surface area contributed by atoms with Crippen molar-refractivity contribution in [3.05, 3.63) is 58.3 Å². The minimum atomic E-state index is 0.00123. The van der Waals surface area contributed by atoms with E-state index in [1.54, 1.807) is 12.3 Å². The van der Waals surface area contributed by atoms with Crippen molar-refractivity contribution in [1.82, 2.24) is 4.90 Å². The first-order valence-corrected chi connectivity index (χ1v) is 11.3. The maximum atomic E-state index is 12.8. The lowest BCUT2D eigenvalue weighted by Gasteiger charge is -2.26. The number of amides is 1. The second-order valence-corrected chi connectivity index (χ2v) is 8.52. The third-order valence-corrected chi connectivity index (χ3v) is 6.10. The molecule has 1 aromatic heterocycles. The predicted octanol–water partition coefficient (Wildman–Crippen LogP) is 5.83. The molecule has 2 heterocycles. The number of fused-ring (bicyclic) bond motifs is 1. The van der Waals surface area contributed by atoms with E-state index in [0.717, 1.165) is 49.0 Å². The van der Waals surface area contributed by atoms with Crippen molar-refractivity contribution in [2.24, 2.45) is 0 Å². The maximum Gasteiger partial charge on any atom is 0.247 e. The first kappa shape index (κ1) is 21.7. The van der Waals surface area contributed by atoms with Crippen molar-refractivity contribution in [3.8, 4) is 16.9 Å². The number of morpholine rings is 1. The Hall–Kier alpha value is -2.57. The summed E-state index contributed by atoms with van der Waals surface area (Å²) in [4.78, 5) is 14.6. The van der Waals surface area contributed by atoms with Crippen LogP contribution in [0.3, 0.4) is 0 Å². The molecule has 0 aliphatic carbocycles. The fraction of sp³-hybridized carbons (Fsp3) is 0.320. The fourth-order valence-corrected chi connectivity index (χ4v) is 4.19. The third-order valence-electron chi connectivity index (χ3n) is 5.58. The highest BCUT2D eigenvalue weighted by molar-refractivity contribution is 9.10. The van der Waals surface area contributed by atoms with E-state index in [1.165, 1.54) is 0 Å². The monoisotopic (exact) mass is 483 g/mol. The van der Waals surface area contributed by atoms with Crippen molar-refractivity contribution >= 4 is 38.4 Å². The Bertz CT molecular complexity index is 1120. The number of aryl methyl sites for hydroxylation is 1. The van der Waals surface area contributed by atoms with Gasteiger partial charge in [-0.1, -0.05) is 28.1 Å². The number of ether oxygens (including phenoxy) is 2. The van der Waals surface area contributed by atoms with Gasteiger partial charge in [-0.2, -0.15) is 0 Å². The number of hydrogen-bond acceptors (Lipinski definition) is 4. The van der Waals surface area contributed by atoms with Gasteiger partial charge in [-0.15, -0.1) is 0 Å². The van der Waals surface area contributed by atoms with Crippen molar-refractivity contribution in [2.45, 2.75) is 20.8 Å². The molecule has 4 rings (SSSR count). The van der Waals surface area contributed by atoms with E-state index in [1.807, 2.05) is 37.8 Å². The average Bonchev–Trinajstić information content (AvgIpc) is 3.21. The Labute approximate surface area is 190 Å². The summed E-state index contributed by atoms with van der Waals surface area (Å²) in [5, 5.41) is 1.00. The van der Waals surface area contributed by atoms with E-state index < -0.39 is 0 Å². The summed E-state index contributed by atoms with van der Waals surface area (Å²) in [6.07, 6.45) is 3.49. The van der Waals surface area contributed by atoms with Gasteiger partial charge in [-0.3, -0.25) is 4.79 Å². The van der Waals surface area contributed by atoms with Gasteiger partial charge >= 0.3 is 0 Å². The molecule has 162 valence electrons. The van der Waals surface area contributed by atoms with E-state index in [2.05, 4.69) is 34.1 Å². The molecule has 6 heteroatoms. The number of rotatable bonds is 5. The summed E-state index contributed by atoms with van der Waals surface area (Å²) in [6, 6.07) is 10.2. The highest BCUT2D eigenvalue weighted by atomic mass is 79.9. The molecule has 0 bridgehead atoms. The quantitative estimate of drug-likeness (QED) is 0.428. The summed E-state index contributed by atoms with van der Waals surface area (Å²) in [5.41, 5.74) is 5.60. The van der Waals surface area contributed by atoms with Crippen LogP contribution >= 0.6 is 15.9 Å². The Balaban J connectivity index is 1.81. The summed E-state index contributed by atoms with van der Waals surface area (Å²) >= 11 is 3.49. The number of carbonyl (C=O) groups is 1. The van der Waals surface area contributed by atoms with Gasteiger partial charge < -0.3 is 18.8 Å². The molecule has 0 atom stereocenters. The Morgan fingerprint density at radius 1 is 1.23 bits per heavy atom. The standard InChI is InChI=1S/C25H26BrNO4/c1-4-30-24-17(3)25-21(22(15-31-25)18-5-7-19(26)8-6-18)14-20(24)16(2)13-23(28)27-9-11-29-12-10-27/h5-8,13-15H,4,9-12H2,1-3H3/b16-13+. The number of allylic oxidation sites excluding steroid dienone is 1. The summed E-state index contributed by atoms with van der Waals surface area (Å²) in [5.74, 6) is 0.761. The molecular weight excluding hydrogens is 458 g/mol. The Morgan fingerprint density at radius 3 is 2.61 bits per heavy atom. The lowest BCUT2D eigenvalue weighted by Crippen LogP contribution is -2.39. The van der Waals surface area contributed by atoms with Gasteiger partial charge in [0, 0.05) is 45.7 Å². The second-order valence-electron chi connectivity index (χ2n) is 7.61. The van der Waals surface area contributed by atoms with Gasteiger partial charge in [0.05, 0.1) is 26.1 Å². The van der Waals surface area contributed by atoms with Crippen LogP contribution in [0.15, 0.2) is 51.6 Å². The van der Waals surface area contributed by atoms with Crippen molar-refractivity contribution in [1.29, 1.82) is 0 Å². The normalized spacial score (nSPS) is 14.8. The molecule has 2 aromatic carbocycles. The minimum absolute atomic E-state index is 0.00123. The van der Waals surface area contributed by atoms with Crippen LogP contribution in [0.5, 0.6) is 5.75 Å². The van der Waals surface area contributed by atoms with E-state index >= 15 is 0 Å². The molecule has 1 fully saturated rings. The Kier molecular flexibility index (Phi) is 6.49. The van der Waals surface area contributed by atoms with E-state index in [9.17, 15) is 4.79 Å². The topological polar surface area (TPSA) is 51.9 Å². The van der Waals surface area contributed by atoms with Crippen LogP contribution in [0.4, 0.5) is 0 Å². The van der Waals surface area contributed by atoms with Crippen LogP contribution in [0, 0.1) is 6.92 Å². The van der Waals surface area contributed by atoms with Crippen LogP contribution < -0.4 is 4.74 Å². The zero-order valence-electron chi connectivity index (χ0n) is 18.0. The summed E-state index contributed by atoms with van der Waals surface area (Å²) < 4.78 is 18.4. The molecule has 1 saturated heterocycles. The zero-order chi connectivity index (χ0) is 22.0.